The molecule has 0 bridgehead atoms. The van der Waals surface area contributed by atoms with Crippen LogP contribution in [0.5, 0.6) is 0 Å². The molecular weight excluding hydrogens is 254 g/mol. The van der Waals surface area contributed by atoms with E-state index in [1.807, 2.05) is 11.3 Å². The number of hydrogen-bond acceptors (Lipinski definition) is 4. The SMILES string of the molecule is CC(c1cccs1)N1CCC(N2CCC(N)CC2)C1. The lowest BCUT2D eigenvalue weighted by atomic mass is 10.0. The molecule has 2 unspecified atom stereocenters. The van der Waals surface area contributed by atoms with Crippen LogP contribution in [0.25, 0.3) is 0 Å². The van der Waals surface area contributed by atoms with Gasteiger partial charge in [-0.15, -0.1) is 11.3 Å². The van der Waals surface area contributed by atoms with Crippen LogP contribution in [0.3, 0.4) is 0 Å². The number of nitrogens with two attached hydrogens (primary N) is 1. The van der Waals surface area contributed by atoms with E-state index in [-0.39, 0.29) is 0 Å². The summed E-state index contributed by atoms with van der Waals surface area (Å²) in [6.07, 6.45) is 3.68. The molecule has 0 aliphatic carbocycles. The first-order valence-corrected chi connectivity index (χ1v) is 8.39. The van der Waals surface area contributed by atoms with Gasteiger partial charge in [0.2, 0.25) is 0 Å². The van der Waals surface area contributed by atoms with E-state index in [2.05, 4.69) is 34.2 Å². The fourth-order valence-electron chi connectivity index (χ4n) is 3.41. The molecule has 0 saturated carbocycles. The molecule has 106 valence electrons. The van der Waals surface area contributed by atoms with E-state index in [0.29, 0.717) is 12.1 Å². The van der Waals surface area contributed by atoms with E-state index in [1.165, 1.54) is 50.3 Å². The van der Waals surface area contributed by atoms with Gasteiger partial charge in [0.15, 0.2) is 0 Å². The number of nitrogens with zero attached hydrogens (tertiary/aromatic N) is 2. The normalized spacial score (nSPS) is 28.8. The summed E-state index contributed by atoms with van der Waals surface area (Å²) < 4.78 is 0. The smallest absolute Gasteiger partial charge is 0.0413 e. The largest absolute Gasteiger partial charge is 0.328 e. The van der Waals surface area contributed by atoms with Crippen LogP contribution in [-0.4, -0.2) is 48.1 Å². The Kier molecular flexibility index (Phi) is 4.22. The Morgan fingerprint density at radius 3 is 2.74 bits per heavy atom. The third kappa shape index (κ3) is 3.02. The van der Waals surface area contributed by atoms with Gasteiger partial charge in [-0.05, 0) is 50.7 Å². The number of thiophene rings is 1. The second-order valence-electron chi connectivity index (χ2n) is 6.00. The molecule has 2 N–H and O–H groups in total. The zero-order valence-electron chi connectivity index (χ0n) is 11.8. The second-order valence-corrected chi connectivity index (χ2v) is 6.98. The van der Waals surface area contributed by atoms with E-state index < -0.39 is 0 Å². The average molecular weight is 279 g/mol. The summed E-state index contributed by atoms with van der Waals surface area (Å²) in [5, 5.41) is 2.19. The maximum absolute atomic E-state index is 6.00. The Morgan fingerprint density at radius 2 is 2.05 bits per heavy atom. The summed E-state index contributed by atoms with van der Waals surface area (Å²) in [5.41, 5.74) is 6.00. The zero-order chi connectivity index (χ0) is 13.2. The lowest BCUT2D eigenvalue weighted by molar-refractivity contribution is 0.146. The third-order valence-corrected chi connectivity index (χ3v) is 5.83. The molecule has 1 aromatic rings. The Balaban J connectivity index is 1.55. The summed E-state index contributed by atoms with van der Waals surface area (Å²) in [6, 6.07) is 6.21. The lowest BCUT2D eigenvalue weighted by Gasteiger charge is -2.35. The van der Waals surface area contributed by atoms with Gasteiger partial charge in [0, 0.05) is 36.1 Å². The maximum Gasteiger partial charge on any atom is 0.0413 e. The molecule has 2 fully saturated rings. The standard InChI is InChI=1S/C15H25N3S/c1-12(15-3-2-10-19-15)18-9-6-14(11-18)17-7-4-13(16)5-8-17/h2-3,10,12-14H,4-9,11,16H2,1H3. The molecule has 2 atom stereocenters. The highest BCUT2D eigenvalue weighted by Gasteiger charge is 2.32. The average Bonchev–Trinajstić information content (AvgIpc) is 3.10. The van der Waals surface area contributed by atoms with Crippen LogP contribution in [0.15, 0.2) is 17.5 Å². The Labute approximate surface area is 120 Å². The van der Waals surface area contributed by atoms with Crippen LogP contribution >= 0.6 is 11.3 Å². The van der Waals surface area contributed by atoms with Crippen LogP contribution in [0.1, 0.15) is 37.1 Å². The highest BCUT2D eigenvalue weighted by Crippen LogP contribution is 2.29. The van der Waals surface area contributed by atoms with Gasteiger partial charge in [-0.1, -0.05) is 6.07 Å². The summed E-state index contributed by atoms with van der Waals surface area (Å²) >= 11 is 1.88. The van der Waals surface area contributed by atoms with E-state index in [1.54, 1.807) is 0 Å². The summed E-state index contributed by atoms with van der Waals surface area (Å²) in [5.74, 6) is 0. The first-order chi connectivity index (χ1) is 9.24. The van der Waals surface area contributed by atoms with Crippen molar-refractivity contribution in [1.82, 2.24) is 9.80 Å². The zero-order valence-corrected chi connectivity index (χ0v) is 12.6. The van der Waals surface area contributed by atoms with Crippen molar-refractivity contribution < 1.29 is 0 Å². The molecule has 3 nitrogen and oxygen atoms in total. The Hall–Kier alpha value is -0.420. The molecule has 0 spiro atoms. The highest BCUT2D eigenvalue weighted by molar-refractivity contribution is 7.10. The molecule has 2 saturated heterocycles. The predicted octanol–water partition coefficient (Wildman–Crippen LogP) is 2.31. The molecular formula is C15H25N3S. The molecule has 2 aliphatic rings. The van der Waals surface area contributed by atoms with Crippen molar-refractivity contribution in [3.63, 3.8) is 0 Å². The van der Waals surface area contributed by atoms with E-state index >= 15 is 0 Å². The van der Waals surface area contributed by atoms with Crippen molar-refractivity contribution in [3.8, 4) is 0 Å². The predicted molar refractivity (Wildman–Crippen MR) is 81.5 cm³/mol. The van der Waals surface area contributed by atoms with Crippen molar-refractivity contribution in [1.29, 1.82) is 0 Å². The first-order valence-electron chi connectivity index (χ1n) is 7.51. The Bertz CT molecular complexity index is 384. The van der Waals surface area contributed by atoms with Crippen molar-refractivity contribution >= 4 is 11.3 Å². The fourth-order valence-corrected chi connectivity index (χ4v) is 4.23. The second kappa shape index (κ2) is 5.92. The van der Waals surface area contributed by atoms with Gasteiger partial charge in [-0.3, -0.25) is 9.80 Å². The summed E-state index contributed by atoms with van der Waals surface area (Å²) in [6.45, 7) is 7.22. The van der Waals surface area contributed by atoms with Crippen molar-refractivity contribution in [3.05, 3.63) is 22.4 Å². The number of hydrogen-bond donors (Lipinski definition) is 1. The fraction of sp³-hybridized carbons (Fsp3) is 0.733. The molecule has 1 aromatic heterocycles. The van der Waals surface area contributed by atoms with Crippen LogP contribution < -0.4 is 5.73 Å². The molecule has 3 rings (SSSR count). The van der Waals surface area contributed by atoms with Crippen molar-refractivity contribution in [2.75, 3.05) is 26.2 Å². The quantitative estimate of drug-likeness (QED) is 0.921. The van der Waals surface area contributed by atoms with Crippen molar-refractivity contribution in [2.24, 2.45) is 5.73 Å². The summed E-state index contributed by atoms with van der Waals surface area (Å²) in [4.78, 5) is 6.82. The molecule has 2 aliphatic heterocycles. The highest BCUT2D eigenvalue weighted by atomic mass is 32.1. The Morgan fingerprint density at radius 1 is 1.26 bits per heavy atom. The van der Waals surface area contributed by atoms with E-state index in [0.717, 1.165) is 6.04 Å². The van der Waals surface area contributed by atoms with Gasteiger partial charge >= 0.3 is 0 Å². The molecule has 3 heterocycles. The van der Waals surface area contributed by atoms with Crippen molar-refractivity contribution in [2.45, 2.75) is 44.3 Å². The maximum atomic E-state index is 6.00. The van der Waals surface area contributed by atoms with Gasteiger partial charge in [0.1, 0.15) is 0 Å². The van der Waals surface area contributed by atoms with Gasteiger partial charge < -0.3 is 5.73 Å². The topological polar surface area (TPSA) is 32.5 Å². The van der Waals surface area contributed by atoms with Gasteiger partial charge in [-0.25, -0.2) is 0 Å². The molecule has 4 heteroatoms. The minimum absolute atomic E-state index is 0.443. The van der Waals surface area contributed by atoms with Crippen LogP contribution in [0, 0.1) is 0 Å². The molecule has 0 radical (unpaired) electrons. The number of rotatable bonds is 3. The summed E-state index contributed by atoms with van der Waals surface area (Å²) in [7, 11) is 0. The number of likely N-dealkylation sites (tertiary alicyclic amines) is 2. The van der Waals surface area contributed by atoms with Crippen LogP contribution in [0.2, 0.25) is 0 Å². The van der Waals surface area contributed by atoms with E-state index in [9.17, 15) is 0 Å². The third-order valence-electron chi connectivity index (χ3n) is 4.79. The number of piperidine rings is 1. The first kappa shape index (κ1) is 13.6. The molecule has 19 heavy (non-hydrogen) atoms. The van der Waals surface area contributed by atoms with Gasteiger partial charge in [0.05, 0.1) is 0 Å². The van der Waals surface area contributed by atoms with Crippen LogP contribution in [-0.2, 0) is 0 Å². The van der Waals surface area contributed by atoms with E-state index in [4.69, 9.17) is 5.73 Å². The molecule has 0 aromatic carbocycles. The minimum Gasteiger partial charge on any atom is -0.328 e. The molecule has 0 amide bonds. The van der Waals surface area contributed by atoms with Gasteiger partial charge in [0.25, 0.3) is 0 Å². The van der Waals surface area contributed by atoms with Gasteiger partial charge in [-0.2, -0.15) is 0 Å². The monoisotopic (exact) mass is 279 g/mol. The van der Waals surface area contributed by atoms with Crippen LogP contribution in [0.4, 0.5) is 0 Å². The lowest BCUT2D eigenvalue weighted by Crippen LogP contribution is -2.46. The minimum atomic E-state index is 0.443.